The van der Waals surface area contributed by atoms with Crippen LogP contribution in [0.2, 0.25) is 0 Å². The van der Waals surface area contributed by atoms with Crippen LogP contribution in [0, 0.1) is 6.92 Å². The molecule has 2 atom stereocenters. The lowest BCUT2D eigenvalue weighted by molar-refractivity contribution is -0.188. The second-order valence-electron chi connectivity index (χ2n) is 5.55. The first-order chi connectivity index (χ1) is 10.3. The summed E-state index contributed by atoms with van der Waals surface area (Å²) in [7, 11) is 0. The number of nitrogens with one attached hydrogen (secondary N) is 1. The van der Waals surface area contributed by atoms with E-state index in [0.717, 1.165) is 18.5 Å². The fourth-order valence-electron chi connectivity index (χ4n) is 2.57. The largest absolute Gasteiger partial charge is 0.411 e. The number of carbonyl (C=O) groups is 1. The monoisotopic (exact) mass is 316 g/mol. The lowest BCUT2D eigenvalue weighted by Crippen LogP contribution is -2.41. The number of nitrogens with zero attached hydrogens (tertiary/aromatic N) is 1. The zero-order valence-corrected chi connectivity index (χ0v) is 12.3. The Kier molecular flexibility index (Phi) is 5.39. The van der Waals surface area contributed by atoms with Crippen LogP contribution in [-0.4, -0.2) is 35.8 Å². The Morgan fingerprint density at radius 1 is 1.41 bits per heavy atom. The van der Waals surface area contributed by atoms with Crippen molar-refractivity contribution in [1.82, 2.24) is 10.3 Å². The zero-order valence-electron chi connectivity index (χ0n) is 12.3. The number of ether oxygens (including phenoxy) is 1. The van der Waals surface area contributed by atoms with Crippen molar-refractivity contribution in [2.24, 2.45) is 0 Å². The molecular weight excluding hydrogens is 297 g/mol. The third kappa shape index (κ3) is 5.29. The minimum Gasteiger partial charge on any atom is -0.369 e. The van der Waals surface area contributed by atoms with Gasteiger partial charge in [0.1, 0.15) is 12.3 Å². The number of aryl methyl sites for hydroxylation is 1. The van der Waals surface area contributed by atoms with Gasteiger partial charge in [0.05, 0.1) is 6.10 Å². The Morgan fingerprint density at radius 3 is 2.86 bits per heavy atom. The van der Waals surface area contributed by atoms with Crippen molar-refractivity contribution >= 4 is 5.91 Å². The molecule has 0 spiro atoms. The molecule has 22 heavy (non-hydrogen) atoms. The Hall–Kier alpha value is -1.63. The van der Waals surface area contributed by atoms with Gasteiger partial charge in [-0.25, -0.2) is 4.98 Å². The van der Waals surface area contributed by atoms with Crippen LogP contribution in [0.3, 0.4) is 0 Å². The molecule has 0 aliphatic heterocycles. The number of hydrogen-bond acceptors (Lipinski definition) is 3. The first kappa shape index (κ1) is 16.7. The summed E-state index contributed by atoms with van der Waals surface area (Å²) < 4.78 is 41.4. The Bertz CT molecular complexity index is 520. The van der Waals surface area contributed by atoms with Crippen LogP contribution in [0.1, 0.15) is 41.9 Å². The fourth-order valence-corrected chi connectivity index (χ4v) is 2.57. The average Bonchev–Trinajstić information content (AvgIpc) is 2.45. The van der Waals surface area contributed by atoms with Gasteiger partial charge in [-0.05, 0) is 44.7 Å². The highest BCUT2D eigenvalue weighted by Gasteiger charge is 2.31. The maximum Gasteiger partial charge on any atom is 0.411 e. The molecule has 1 fully saturated rings. The SMILES string of the molecule is Cc1cccc(C(=O)N[C@@H]2CCC[C@H](OCC(F)(F)F)C2)n1. The smallest absolute Gasteiger partial charge is 0.369 e. The van der Waals surface area contributed by atoms with Crippen molar-refractivity contribution in [3.05, 3.63) is 29.6 Å². The molecule has 0 radical (unpaired) electrons. The fraction of sp³-hybridized carbons (Fsp3) is 0.600. The Balaban J connectivity index is 1.86. The van der Waals surface area contributed by atoms with Crippen molar-refractivity contribution in [2.75, 3.05) is 6.61 Å². The molecule has 7 heteroatoms. The van der Waals surface area contributed by atoms with Crippen LogP contribution in [0.4, 0.5) is 13.2 Å². The molecular formula is C15H19F3N2O2. The van der Waals surface area contributed by atoms with Gasteiger partial charge in [-0.1, -0.05) is 6.07 Å². The van der Waals surface area contributed by atoms with E-state index < -0.39 is 18.9 Å². The van der Waals surface area contributed by atoms with E-state index in [-0.39, 0.29) is 11.9 Å². The summed E-state index contributed by atoms with van der Waals surface area (Å²) in [6.45, 7) is 0.552. The van der Waals surface area contributed by atoms with E-state index in [2.05, 4.69) is 10.3 Å². The van der Waals surface area contributed by atoms with Crippen molar-refractivity contribution in [1.29, 1.82) is 0 Å². The van der Waals surface area contributed by atoms with E-state index in [1.165, 1.54) is 0 Å². The van der Waals surface area contributed by atoms with Gasteiger partial charge in [-0.3, -0.25) is 4.79 Å². The molecule has 0 aromatic carbocycles. The zero-order chi connectivity index (χ0) is 16.2. The molecule has 1 aromatic heterocycles. The van der Waals surface area contributed by atoms with Crippen LogP contribution in [0.25, 0.3) is 0 Å². The van der Waals surface area contributed by atoms with Crippen molar-refractivity contribution < 1.29 is 22.7 Å². The summed E-state index contributed by atoms with van der Waals surface area (Å²) in [6, 6.07) is 4.97. The number of carbonyl (C=O) groups excluding carboxylic acids is 1. The van der Waals surface area contributed by atoms with Crippen molar-refractivity contribution in [3.8, 4) is 0 Å². The number of aromatic nitrogens is 1. The predicted molar refractivity (Wildman–Crippen MR) is 74.5 cm³/mol. The van der Waals surface area contributed by atoms with E-state index in [1.807, 2.05) is 0 Å². The number of pyridine rings is 1. The van der Waals surface area contributed by atoms with Crippen LogP contribution in [0.5, 0.6) is 0 Å². The molecule has 1 aliphatic carbocycles. The Morgan fingerprint density at radius 2 is 2.18 bits per heavy atom. The molecule has 1 heterocycles. The van der Waals surface area contributed by atoms with Gasteiger partial charge < -0.3 is 10.1 Å². The summed E-state index contributed by atoms with van der Waals surface area (Å²) in [6.07, 6.45) is -2.33. The highest BCUT2D eigenvalue weighted by atomic mass is 19.4. The van der Waals surface area contributed by atoms with Gasteiger partial charge in [0, 0.05) is 11.7 Å². The molecule has 1 aliphatic rings. The van der Waals surface area contributed by atoms with Gasteiger partial charge >= 0.3 is 6.18 Å². The molecule has 1 aromatic rings. The van der Waals surface area contributed by atoms with Gasteiger partial charge in [0.2, 0.25) is 0 Å². The molecule has 1 N–H and O–H groups in total. The number of rotatable bonds is 4. The highest BCUT2D eigenvalue weighted by molar-refractivity contribution is 5.92. The summed E-state index contributed by atoms with van der Waals surface area (Å²) in [5, 5.41) is 2.83. The minimum absolute atomic E-state index is 0.179. The van der Waals surface area contributed by atoms with Crippen LogP contribution < -0.4 is 5.32 Å². The van der Waals surface area contributed by atoms with Gasteiger partial charge in [-0.2, -0.15) is 13.2 Å². The van der Waals surface area contributed by atoms with E-state index in [4.69, 9.17) is 4.74 Å². The molecule has 0 saturated heterocycles. The lowest BCUT2D eigenvalue weighted by Gasteiger charge is -2.30. The molecule has 0 bridgehead atoms. The molecule has 1 saturated carbocycles. The summed E-state index contributed by atoms with van der Waals surface area (Å²) in [5.41, 5.74) is 1.06. The Labute approximate surface area is 127 Å². The third-order valence-corrected chi connectivity index (χ3v) is 3.56. The molecule has 2 rings (SSSR count). The standard InChI is InChI=1S/C15H19F3N2O2/c1-10-4-2-7-13(19-10)14(21)20-11-5-3-6-12(8-11)22-9-15(16,17)18/h2,4,7,11-12H,3,5-6,8-9H2,1H3,(H,20,21)/t11-,12+/m1/s1. The number of amides is 1. The topological polar surface area (TPSA) is 51.2 Å². The first-order valence-corrected chi connectivity index (χ1v) is 7.26. The first-order valence-electron chi connectivity index (χ1n) is 7.26. The summed E-state index contributed by atoms with van der Waals surface area (Å²) >= 11 is 0. The van der Waals surface area contributed by atoms with Crippen LogP contribution in [-0.2, 0) is 4.74 Å². The van der Waals surface area contributed by atoms with Gasteiger partial charge in [0.25, 0.3) is 5.91 Å². The van der Waals surface area contributed by atoms with E-state index in [0.29, 0.717) is 18.5 Å². The highest BCUT2D eigenvalue weighted by Crippen LogP contribution is 2.24. The van der Waals surface area contributed by atoms with Crippen molar-refractivity contribution in [3.63, 3.8) is 0 Å². The molecule has 4 nitrogen and oxygen atoms in total. The lowest BCUT2D eigenvalue weighted by atomic mass is 9.92. The second kappa shape index (κ2) is 7.09. The molecule has 1 amide bonds. The normalized spacial score (nSPS) is 22.4. The van der Waals surface area contributed by atoms with Gasteiger partial charge in [0.15, 0.2) is 0 Å². The second-order valence-corrected chi connectivity index (χ2v) is 5.55. The molecule has 122 valence electrons. The van der Waals surface area contributed by atoms with E-state index >= 15 is 0 Å². The van der Waals surface area contributed by atoms with Gasteiger partial charge in [-0.15, -0.1) is 0 Å². The predicted octanol–water partition coefficient (Wildman–Crippen LogP) is 3.01. The van der Waals surface area contributed by atoms with Crippen molar-refractivity contribution in [2.45, 2.75) is 50.9 Å². The quantitative estimate of drug-likeness (QED) is 0.929. The summed E-state index contributed by atoms with van der Waals surface area (Å²) in [4.78, 5) is 16.2. The number of hydrogen-bond donors (Lipinski definition) is 1. The third-order valence-electron chi connectivity index (χ3n) is 3.56. The van der Waals surface area contributed by atoms with E-state index in [1.54, 1.807) is 25.1 Å². The molecule has 0 unspecified atom stereocenters. The van der Waals surface area contributed by atoms with Crippen LogP contribution >= 0.6 is 0 Å². The maximum absolute atomic E-state index is 12.2. The van der Waals surface area contributed by atoms with Crippen LogP contribution in [0.15, 0.2) is 18.2 Å². The summed E-state index contributed by atoms with van der Waals surface area (Å²) in [5.74, 6) is -0.301. The number of alkyl halides is 3. The maximum atomic E-state index is 12.2. The average molecular weight is 316 g/mol. The number of halogens is 3. The van der Waals surface area contributed by atoms with E-state index in [9.17, 15) is 18.0 Å². The minimum atomic E-state index is -4.32.